The highest BCUT2D eigenvalue weighted by Gasteiger charge is 2.41. The number of aliphatic hydroxyl groups is 3. The number of ether oxygens (including phenoxy) is 1. The van der Waals surface area contributed by atoms with E-state index in [0.717, 1.165) is 0 Å². The van der Waals surface area contributed by atoms with Crippen molar-refractivity contribution in [3.63, 3.8) is 0 Å². The van der Waals surface area contributed by atoms with E-state index in [2.05, 4.69) is 4.74 Å². The third-order valence-electron chi connectivity index (χ3n) is 1.74. The molecule has 0 aliphatic carbocycles. The van der Waals surface area contributed by atoms with Crippen LogP contribution in [0.15, 0.2) is 0 Å². The lowest BCUT2D eigenvalue weighted by Crippen LogP contribution is -2.55. The van der Waals surface area contributed by atoms with Gasteiger partial charge in [0, 0.05) is 0 Å². The molecule has 1 aliphatic heterocycles. The predicted molar refractivity (Wildman–Crippen MR) is 35.4 cm³/mol. The highest BCUT2D eigenvalue weighted by molar-refractivity contribution is 5.73. The van der Waals surface area contributed by atoms with Gasteiger partial charge in [-0.2, -0.15) is 0 Å². The lowest BCUT2D eigenvalue weighted by Gasteiger charge is -2.32. The minimum atomic E-state index is -1.58. The summed E-state index contributed by atoms with van der Waals surface area (Å²) >= 11 is 0. The van der Waals surface area contributed by atoms with E-state index in [1.165, 1.54) is 0 Å². The fourth-order valence-corrected chi connectivity index (χ4v) is 1.02. The summed E-state index contributed by atoms with van der Waals surface area (Å²) in [6.07, 6.45) is -5.72. The first-order chi connectivity index (χ1) is 5.54. The number of aliphatic hydroxyl groups excluding tert-OH is 3. The number of rotatable bonds is 1. The highest BCUT2D eigenvalue weighted by Crippen LogP contribution is 2.15. The Labute approximate surface area is 68.0 Å². The summed E-state index contributed by atoms with van der Waals surface area (Å²) in [5, 5.41) is 35.4. The van der Waals surface area contributed by atoms with E-state index < -0.39 is 30.4 Å². The summed E-state index contributed by atoms with van der Waals surface area (Å²) in [5.74, 6) is -1.35. The van der Waals surface area contributed by atoms with Crippen molar-refractivity contribution in [2.75, 3.05) is 6.61 Å². The number of aliphatic carboxylic acids is 1. The third-order valence-corrected chi connectivity index (χ3v) is 1.74. The molecule has 70 valence electrons. The molecule has 0 amide bonds. The van der Waals surface area contributed by atoms with Crippen molar-refractivity contribution in [3.8, 4) is 0 Å². The van der Waals surface area contributed by atoms with Crippen LogP contribution < -0.4 is 0 Å². The lowest BCUT2D eigenvalue weighted by atomic mass is 10.0. The maximum Gasteiger partial charge on any atom is 0.335 e. The molecular weight excluding hydrogens is 168 g/mol. The normalized spacial score (nSPS) is 42.6. The molecule has 1 unspecified atom stereocenters. The van der Waals surface area contributed by atoms with Crippen molar-refractivity contribution in [2.24, 2.45) is 0 Å². The molecule has 1 rings (SSSR count). The first-order valence-electron chi connectivity index (χ1n) is 3.42. The third kappa shape index (κ3) is 1.56. The van der Waals surface area contributed by atoms with Gasteiger partial charge in [-0.05, 0) is 0 Å². The molecule has 0 saturated carbocycles. The molecule has 4 N–H and O–H groups in total. The minimum Gasteiger partial charge on any atom is -0.479 e. The van der Waals surface area contributed by atoms with E-state index in [4.69, 9.17) is 20.4 Å². The van der Waals surface area contributed by atoms with Crippen LogP contribution in [0.1, 0.15) is 0 Å². The van der Waals surface area contributed by atoms with Crippen molar-refractivity contribution in [2.45, 2.75) is 24.4 Å². The molecule has 0 bridgehead atoms. The fraction of sp³-hybridized carbons (Fsp3) is 0.833. The summed E-state index contributed by atoms with van der Waals surface area (Å²) in [4.78, 5) is 10.3. The predicted octanol–water partition coefficient (Wildman–Crippen LogP) is -2.45. The molecule has 1 fully saturated rings. The summed E-state index contributed by atoms with van der Waals surface area (Å²) < 4.78 is 4.57. The molecule has 0 aromatic carbocycles. The molecule has 0 spiro atoms. The monoisotopic (exact) mass is 178 g/mol. The van der Waals surface area contributed by atoms with Gasteiger partial charge in [0.25, 0.3) is 0 Å². The van der Waals surface area contributed by atoms with Crippen LogP contribution >= 0.6 is 0 Å². The quantitative estimate of drug-likeness (QED) is 0.355. The van der Waals surface area contributed by atoms with Gasteiger partial charge in [-0.15, -0.1) is 0 Å². The molecule has 1 aliphatic rings. The second-order valence-corrected chi connectivity index (χ2v) is 2.64. The molecule has 1 saturated heterocycles. The van der Waals surface area contributed by atoms with Gasteiger partial charge in [-0.3, -0.25) is 0 Å². The second-order valence-electron chi connectivity index (χ2n) is 2.64. The Morgan fingerprint density at radius 3 is 2.33 bits per heavy atom. The van der Waals surface area contributed by atoms with Crippen molar-refractivity contribution in [1.82, 2.24) is 0 Å². The number of carboxylic acid groups (broad SMARTS) is 1. The number of hydrogen-bond donors (Lipinski definition) is 4. The molecule has 0 aromatic heterocycles. The fourth-order valence-electron chi connectivity index (χ4n) is 1.02. The van der Waals surface area contributed by atoms with Crippen LogP contribution in [0.25, 0.3) is 0 Å². The van der Waals surface area contributed by atoms with E-state index in [9.17, 15) is 4.79 Å². The maximum atomic E-state index is 10.3. The van der Waals surface area contributed by atoms with Crippen LogP contribution in [0.3, 0.4) is 0 Å². The van der Waals surface area contributed by atoms with Crippen LogP contribution in [0.2, 0.25) is 0 Å². The summed E-state index contributed by atoms with van der Waals surface area (Å²) in [6.45, 7) is -0.283. The first kappa shape index (κ1) is 9.40. The standard InChI is InChI=1S/C6H10O6/c7-2-1-12-5(6(10)11)4(9)3(2)8/h2-5,7-9H,1H2,(H,10,11)/t2-,3?,4-,5-/m0/s1. The van der Waals surface area contributed by atoms with Gasteiger partial charge in [0.1, 0.15) is 18.3 Å². The van der Waals surface area contributed by atoms with Gasteiger partial charge < -0.3 is 25.2 Å². The Hall–Kier alpha value is -0.690. The summed E-state index contributed by atoms with van der Waals surface area (Å²) in [5.41, 5.74) is 0. The van der Waals surface area contributed by atoms with Crippen molar-refractivity contribution in [1.29, 1.82) is 0 Å². The largest absolute Gasteiger partial charge is 0.479 e. The topological polar surface area (TPSA) is 107 Å². The smallest absolute Gasteiger partial charge is 0.335 e. The van der Waals surface area contributed by atoms with E-state index in [0.29, 0.717) is 0 Å². The average molecular weight is 178 g/mol. The van der Waals surface area contributed by atoms with Crippen LogP contribution in [-0.2, 0) is 9.53 Å². The van der Waals surface area contributed by atoms with Gasteiger partial charge in [0.2, 0.25) is 0 Å². The van der Waals surface area contributed by atoms with E-state index in [-0.39, 0.29) is 6.61 Å². The summed E-state index contributed by atoms with van der Waals surface area (Å²) in [6, 6.07) is 0. The molecule has 1 heterocycles. The highest BCUT2D eigenvalue weighted by atomic mass is 16.5. The Morgan fingerprint density at radius 1 is 1.25 bits per heavy atom. The van der Waals surface area contributed by atoms with Crippen molar-refractivity contribution < 1.29 is 30.0 Å². The van der Waals surface area contributed by atoms with Crippen molar-refractivity contribution in [3.05, 3.63) is 0 Å². The average Bonchev–Trinajstić information content (AvgIpc) is 2.00. The van der Waals surface area contributed by atoms with E-state index in [1.807, 2.05) is 0 Å². The van der Waals surface area contributed by atoms with Crippen LogP contribution in [0.5, 0.6) is 0 Å². The number of carboxylic acids is 1. The van der Waals surface area contributed by atoms with Gasteiger partial charge in [0.05, 0.1) is 6.61 Å². The summed E-state index contributed by atoms with van der Waals surface area (Å²) in [7, 11) is 0. The van der Waals surface area contributed by atoms with Gasteiger partial charge in [-0.25, -0.2) is 4.79 Å². The number of carbonyl (C=O) groups is 1. The van der Waals surface area contributed by atoms with Crippen LogP contribution in [0.4, 0.5) is 0 Å². The Kier molecular flexibility index (Phi) is 2.63. The minimum absolute atomic E-state index is 0.283. The molecule has 6 nitrogen and oxygen atoms in total. The maximum absolute atomic E-state index is 10.3. The van der Waals surface area contributed by atoms with Gasteiger partial charge in [-0.1, -0.05) is 0 Å². The second kappa shape index (κ2) is 3.36. The van der Waals surface area contributed by atoms with Crippen molar-refractivity contribution >= 4 is 5.97 Å². The Balaban J connectivity index is 2.65. The Bertz CT molecular complexity index is 181. The van der Waals surface area contributed by atoms with Gasteiger partial charge >= 0.3 is 5.97 Å². The van der Waals surface area contributed by atoms with Gasteiger partial charge in [0.15, 0.2) is 6.10 Å². The molecule has 4 atom stereocenters. The molecule has 6 heteroatoms. The molecular formula is C6H10O6. The molecule has 0 aromatic rings. The molecule has 12 heavy (non-hydrogen) atoms. The first-order valence-corrected chi connectivity index (χ1v) is 3.42. The number of hydrogen-bond acceptors (Lipinski definition) is 5. The zero-order valence-corrected chi connectivity index (χ0v) is 6.12. The molecule has 0 radical (unpaired) electrons. The zero-order valence-electron chi connectivity index (χ0n) is 6.12. The Morgan fingerprint density at radius 2 is 1.83 bits per heavy atom. The zero-order chi connectivity index (χ0) is 9.30. The van der Waals surface area contributed by atoms with E-state index >= 15 is 0 Å². The SMILES string of the molecule is O=C(O)[C@H]1OC[C@H](O)C(O)[C@@H]1O. The van der Waals surface area contributed by atoms with E-state index in [1.54, 1.807) is 0 Å². The lowest BCUT2D eigenvalue weighted by molar-refractivity contribution is -0.201. The van der Waals surface area contributed by atoms with Crippen LogP contribution in [-0.4, -0.2) is 57.4 Å². The van der Waals surface area contributed by atoms with Crippen LogP contribution in [0, 0.1) is 0 Å².